The van der Waals surface area contributed by atoms with Crippen LogP contribution in [0.5, 0.6) is 0 Å². The lowest BCUT2D eigenvalue weighted by molar-refractivity contribution is 0.182. The van der Waals surface area contributed by atoms with E-state index in [9.17, 15) is 5.11 Å². The molecule has 1 aromatic carbocycles. The lowest BCUT2D eigenvalue weighted by Crippen LogP contribution is -1.99. The Bertz CT molecular complexity index is 535. The lowest BCUT2D eigenvalue weighted by atomic mass is 9.98. The molecule has 1 unspecified atom stereocenters. The molecular formula is C16H17BrOS. The Morgan fingerprint density at radius 3 is 2.63 bits per heavy atom. The number of benzene rings is 1. The summed E-state index contributed by atoms with van der Waals surface area (Å²) in [5, 5.41) is 10.4. The van der Waals surface area contributed by atoms with Gasteiger partial charge in [0.2, 0.25) is 0 Å². The zero-order valence-electron chi connectivity index (χ0n) is 10.7. The molecule has 2 aromatic rings. The molecule has 0 spiro atoms. The highest BCUT2D eigenvalue weighted by Crippen LogP contribution is 2.34. The first-order valence-electron chi connectivity index (χ1n) is 6.76. The Morgan fingerprint density at radius 2 is 1.89 bits per heavy atom. The molecule has 0 saturated heterocycles. The van der Waals surface area contributed by atoms with Crippen LogP contribution in [0.3, 0.4) is 0 Å². The van der Waals surface area contributed by atoms with E-state index in [0.717, 1.165) is 9.35 Å². The van der Waals surface area contributed by atoms with Gasteiger partial charge in [0, 0.05) is 20.6 Å². The molecule has 1 aliphatic rings. The molecule has 0 fully saturated rings. The van der Waals surface area contributed by atoms with Gasteiger partial charge in [0.1, 0.15) is 0 Å². The monoisotopic (exact) mass is 336 g/mol. The maximum Gasteiger partial charge on any atom is 0.0922 e. The molecule has 1 atom stereocenters. The van der Waals surface area contributed by atoms with Crippen LogP contribution >= 0.6 is 27.3 Å². The van der Waals surface area contributed by atoms with Crippen LogP contribution in [0.15, 0.2) is 34.8 Å². The van der Waals surface area contributed by atoms with Crippen LogP contribution in [0.1, 0.15) is 39.8 Å². The van der Waals surface area contributed by atoms with Crippen molar-refractivity contribution in [3.05, 3.63) is 55.7 Å². The summed E-state index contributed by atoms with van der Waals surface area (Å²) in [4.78, 5) is 2.63. The molecule has 3 heteroatoms. The molecule has 0 radical (unpaired) electrons. The standard InChI is InChI=1S/C16H17BrOS/c17-13-7-5-11(6-8-13)9-14(18)16-10-12-3-1-2-4-15(12)19-16/h5-8,10,14,18H,1-4,9H2. The molecule has 0 bridgehead atoms. The van der Waals surface area contributed by atoms with E-state index >= 15 is 0 Å². The first-order valence-corrected chi connectivity index (χ1v) is 8.37. The molecule has 1 N–H and O–H groups in total. The third-order valence-corrected chi connectivity index (χ3v) is 5.55. The number of fused-ring (bicyclic) bond motifs is 1. The number of aliphatic hydroxyl groups is 1. The molecule has 1 aromatic heterocycles. The van der Waals surface area contributed by atoms with Crippen LogP contribution in [0.4, 0.5) is 0 Å². The molecule has 1 nitrogen and oxygen atoms in total. The molecule has 3 rings (SSSR count). The minimum absolute atomic E-state index is 0.364. The van der Waals surface area contributed by atoms with Crippen molar-refractivity contribution in [1.82, 2.24) is 0 Å². The molecule has 0 saturated carbocycles. The Kier molecular flexibility index (Phi) is 4.06. The number of rotatable bonds is 3. The average molecular weight is 337 g/mol. The predicted octanol–water partition coefficient (Wildman–Crippen LogP) is 4.67. The van der Waals surface area contributed by atoms with Crippen molar-refractivity contribution in [2.45, 2.75) is 38.2 Å². The van der Waals surface area contributed by atoms with Gasteiger partial charge < -0.3 is 5.11 Å². The third-order valence-electron chi connectivity index (χ3n) is 3.69. The van der Waals surface area contributed by atoms with Crippen LogP contribution < -0.4 is 0 Å². The highest BCUT2D eigenvalue weighted by molar-refractivity contribution is 9.10. The van der Waals surface area contributed by atoms with Gasteiger partial charge in [-0.25, -0.2) is 0 Å². The average Bonchev–Trinajstić information content (AvgIpc) is 2.85. The van der Waals surface area contributed by atoms with Gasteiger partial charge in [0.25, 0.3) is 0 Å². The Labute approximate surface area is 126 Å². The Morgan fingerprint density at radius 1 is 1.16 bits per heavy atom. The largest absolute Gasteiger partial charge is 0.387 e. The minimum Gasteiger partial charge on any atom is -0.387 e. The van der Waals surface area contributed by atoms with E-state index in [1.807, 2.05) is 12.1 Å². The highest BCUT2D eigenvalue weighted by Gasteiger charge is 2.17. The summed E-state index contributed by atoms with van der Waals surface area (Å²) < 4.78 is 1.08. The van der Waals surface area contributed by atoms with Gasteiger partial charge in [-0.15, -0.1) is 11.3 Å². The van der Waals surface area contributed by atoms with E-state index in [-0.39, 0.29) is 6.10 Å². The molecule has 0 aliphatic heterocycles. The van der Waals surface area contributed by atoms with Crippen LogP contribution in [0.2, 0.25) is 0 Å². The van der Waals surface area contributed by atoms with Crippen molar-refractivity contribution in [3.8, 4) is 0 Å². The van der Waals surface area contributed by atoms with Crippen LogP contribution in [-0.4, -0.2) is 5.11 Å². The predicted molar refractivity (Wildman–Crippen MR) is 83.8 cm³/mol. The molecule has 100 valence electrons. The van der Waals surface area contributed by atoms with Gasteiger partial charge in [-0.1, -0.05) is 28.1 Å². The van der Waals surface area contributed by atoms with Gasteiger partial charge in [-0.2, -0.15) is 0 Å². The van der Waals surface area contributed by atoms with Crippen molar-refractivity contribution >= 4 is 27.3 Å². The summed E-state index contributed by atoms with van der Waals surface area (Å²) in [6, 6.07) is 10.4. The van der Waals surface area contributed by atoms with E-state index in [1.165, 1.54) is 41.7 Å². The maximum absolute atomic E-state index is 10.4. The van der Waals surface area contributed by atoms with Crippen molar-refractivity contribution in [1.29, 1.82) is 0 Å². The van der Waals surface area contributed by atoms with E-state index in [0.29, 0.717) is 6.42 Å². The van der Waals surface area contributed by atoms with Gasteiger partial charge >= 0.3 is 0 Å². The fourth-order valence-electron chi connectivity index (χ4n) is 2.62. The molecule has 1 heterocycles. The fourth-order valence-corrected chi connectivity index (χ4v) is 4.13. The zero-order chi connectivity index (χ0) is 13.2. The second kappa shape index (κ2) is 5.78. The summed E-state index contributed by atoms with van der Waals surface area (Å²) in [6.07, 6.45) is 5.33. The number of aliphatic hydroxyl groups excluding tert-OH is 1. The summed E-state index contributed by atoms with van der Waals surface area (Å²) in [5.41, 5.74) is 2.66. The first kappa shape index (κ1) is 13.3. The number of halogens is 1. The van der Waals surface area contributed by atoms with Crippen molar-refractivity contribution in [2.24, 2.45) is 0 Å². The van der Waals surface area contributed by atoms with Crippen LogP contribution in [-0.2, 0) is 19.3 Å². The highest BCUT2D eigenvalue weighted by atomic mass is 79.9. The maximum atomic E-state index is 10.4. The molecule has 0 amide bonds. The molecule has 1 aliphatic carbocycles. The number of aryl methyl sites for hydroxylation is 2. The van der Waals surface area contributed by atoms with E-state index in [4.69, 9.17) is 0 Å². The second-order valence-electron chi connectivity index (χ2n) is 5.15. The quantitative estimate of drug-likeness (QED) is 0.863. The van der Waals surface area contributed by atoms with E-state index in [1.54, 1.807) is 11.3 Å². The van der Waals surface area contributed by atoms with Crippen molar-refractivity contribution in [3.63, 3.8) is 0 Å². The van der Waals surface area contributed by atoms with Crippen LogP contribution in [0, 0.1) is 0 Å². The lowest BCUT2D eigenvalue weighted by Gasteiger charge is -2.08. The minimum atomic E-state index is -0.364. The van der Waals surface area contributed by atoms with Gasteiger partial charge in [0.05, 0.1) is 6.10 Å². The number of hydrogen-bond donors (Lipinski definition) is 1. The number of thiophene rings is 1. The summed E-state index contributed by atoms with van der Waals surface area (Å²) >= 11 is 5.24. The summed E-state index contributed by atoms with van der Waals surface area (Å²) in [5.74, 6) is 0. The van der Waals surface area contributed by atoms with E-state index < -0.39 is 0 Å². The van der Waals surface area contributed by atoms with Gasteiger partial charge in [-0.05, 0) is 55.0 Å². The summed E-state index contributed by atoms with van der Waals surface area (Å²) in [7, 11) is 0. The normalized spacial score (nSPS) is 16.1. The van der Waals surface area contributed by atoms with Gasteiger partial charge in [0.15, 0.2) is 0 Å². The SMILES string of the molecule is OC(Cc1ccc(Br)cc1)c1cc2c(s1)CCCC2. The van der Waals surface area contributed by atoms with Gasteiger partial charge in [-0.3, -0.25) is 0 Å². The van der Waals surface area contributed by atoms with Crippen molar-refractivity contribution < 1.29 is 5.11 Å². The second-order valence-corrected chi connectivity index (χ2v) is 7.23. The Balaban J connectivity index is 1.74. The summed E-state index contributed by atoms with van der Waals surface area (Å²) in [6.45, 7) is 0. The topological polar surface area (TPSA) is 20.2 Å². The number of hydrogen-bond acceptors (Lipinski definition) is 2. The Hall–Kier alpha value is -0.640. The first-order chi connectivity index (χ1) is 9.22. The van der Waals surface area contributed by atoms with Crippen LogP contribution in [0.25, 0.3) is 0 Å². The molecular weight excluding hydrogens is 320 g/mol. The zero-order valence-corrected chi connectivity index (χ0v) is 13.1. The molecule has 19 heavy (non-hydrogen) atoms. The van der Waals surface area contributed by atoms with Crippen molar-refractivity contribution in [2.75, 3.05) is 0 Å². The smallest absolute Gasteiger partial charge is 0.0922 e. The fraction of sp³-hybridized carbons (Fsp3) is 0.375. The third kappa shape index (κ3) is 3.10. The van der Waals surface area contributed by atoms with E-state index in [2.05, 4.69) is 34.1 Å².